The largest absolute Gasteiger partial charge is 0.393 e. The summed E-state index contributed by atoms with van der Waals surface area (Å²) in [6.07, 6.45) is 6.15. The van der Waals surface area contributed by atoms with Crippen molar-refractivity contribution >= 4 is 0 Å². The first-order valence-electron chi connectivity index (χ1n) is 6.81. The fourth-order valence-electron chi connectivity index (χ4n) is 4.15. The number of hydrogen-bond acceptors (Lipinski definition) is 1. The third kappa shape index (κ3) is 1.84. The predicted octanol–water partition coefficient (Wildman–Crippen LogP) is 3.78. The highest BCUT2D eigenvalue weighted by Crippen LogP contribution is 2.57. The van der Waals surface area contributed by atoms with E-state index in [1.807, 2.05) is 0 Å². The van der Waals surface area contributed by atoms with Crippen LogP contribution in [0.2, 0.25) is 0 Å². The van der Waals surface area contributed by atoms with Crippen molar-refractivity contribution in [2.75, 3.05) is 0 Å². The molecule has 0 bridgehead atoms. The van der Waals surface area contributed by atoms with E-state index >= 15 is 0 Å². The average Bonchev–Trinajstić information content (AvgIpc) is 2.55. The zero-order valence-electron chi connectivity index (χ0n) is 11.0. The molecule has 16 heavy (non-hydrogen) atoms. The van der Waals surface area contributed by atoms with E-state index < -0.39 is 0 Å². The lowest BCUT2D eigenvalue weighted by Crippen LogP contribution is -2.36. The third-order valence-corrected chi connectivity index (χ3v) is 5.04. The quantitative estimate of drug-likeness (QED) is 0.705. The van der Waals surface area contributed by atoms with Crippen LogP contribution in [0.4, 0.5) is 0 Å². The van der Waals surface area contributed by atoms with Crippen LogP contribution in [-0.4, -0.2) is 11.2 Å². The van der Waals surface area contributed by atoms with Gasteiger partial charge in [-0.05, 0) is 55.3 Å². The zero-order chi connectivity index (χ0) is 11.9. The number of aliphatic hydroxyl groups is 1. The molecule has 0 amide bonds. The summed E-state index contributed by atoms with van der Waals surface area (Å²) in [6.45, 7) is 11.0. The van der Waals surface area contributed by atoms with Crippen molar-refractivity contribution in [3.8, 4) is 0 Å². The molecule has 0 saturated heterocycles. The zero-order valence-corrected chi connectivity index (χ0v) is 11.0. The van der Waals surface area contributed by atoms with Gasteiger partial charge in [0.25, 0.3) is 0 Å². The van der Waals surface area contributed by atoms with Gasteiger partial charge in [0, 0.05) is 0 Å². The molecule has 0 aromatic carbocycles. The van der Waals surface area contributed by atoms with Gasteiger partial charge in [0.15, 0.2) is 0 Å². The summed E-state index contributed by atoms with van der Waals surface area (Å²) in [7, 11) is 0. The van der Waals surface area contributed by atoms with Gasteiger partial charge in [-0.3, -0.25) is 0 Å². The van der Waals surface area contributed by atoms with Crippen molar-refractivity contribution in [1.29, 1.82) is 0 Å². The van der Waals surface area contributed by atoms with Crippen molar-refractivity contribution in [2.24, 2.45) is 23.2 Å². The Morgan fingerprint density at radius 1 is 1.38 bits per heavy atom. The van der Waals surface area contributed by atoms with Crippen LogP contribution in [-0.2, 0) is 0 Å². The van der Waals surface area contributed by atoms with Gasteiger partial charge in [-0.25, -0.2) is 0 Å². The smallest absolute Gasteiger partial charge is 0.0597 e. The van der Waals surface area contributed by atoms with E-state index in [1.165, 1.54) is 37.7 Å². The molecule has 0 heterocycles. The van der Waals surface area contributed by atoms with Gasteiger partial charge < -0.3 is 5.11 Å². The standard InChI is InChI=1S/C15H26O/c1-10(2)14(16)12-7-9-15(4)8-5-6-11(3)13(12)15/h10,12-14,16H,3,5-9H2,1-2,4H3/t12-,13+,14-,15+/m1/s1. The minimum Gasteiger partial charge on any atom is -0.393 e. The van der Waals surface area contributed by atoms with Crippen LogP contribution in [0.5, 0.6) is 0 Å². The van der Waals surface area contributed by atoms with Gasteiger partial charge in [-0.15, -0.1) is 0 Å². The van der Waals surface area contributed by atoms with E-state index in [9.17, 15) is 5.11 Å². The van der Waals surface area contributed by atoms with Crippen molar-refractivity contribution in [1.82, 2.24) is 0 Å². The number of fused-ring (bicyclic) bond motifs is 1. The van der Waals surface area contributed by atoms with E-state index in [-0.39, 0.29) is 6.10 Å². The van der Waals surface area contributed by atoms with Crippen molar-refractivity contribution < 1.29 is 5.11 Å². The van der Waals surface area contributed by atoms with Gasteiger partial charge >= 0.3 is 0 Å². The van der Waals surface area contributed by atoms with Crippen LogP contribution < -0.4 is 0 Å². The lowest BCUT2D eigenvalue weighted by Gasteiger charge is -2.41. The van der Waals surface area contributed by atoms with E-state index in [0.717, 1.165) is 0 Å². The van der Waals surface area contributed by atoms with Crippen molar-refractivity contribution in [3.63, 3.8) is 0 Å². The molecule has 1 heteroatoms. The fourth-order valence-corrected chi connectivity index (χ4v) is 4.15. The Balaban J connectivity index is 2.21. The number of allylic oxidation sites excluding steroid dienone is 1. The molecular formula is C15H26O. The van der Waals surface area contributed by atoms with E-state index in [1.54, 1.807) is 0 Å². The minimum atomic E-state index is -0.137. The first-order chi connectivity index (χ1) is 7.46. The molecule has 4 atom stereocenters. The van der Waals surface area contributed by atoms with Crippen LogP contribution >= 0.6 is 0 Å². The summed E-state index contributed by atoms with van der Waals surface area (Å²) < 4.78 is 0. The molecule has 2 aliphatic carbocycles. The Kier molecular flexibility index (Phi) is 3.18. The summed E-state index contributed by atoms with van der Waals surface area (Å²) in [5, 5.41) is 10.4. The maximum absolute atomic E-state index is 10.4. The third-order valence-electron chi connectivity index (χ3n) is 5.04. The first kappa shape index (κ1) is 12.2. The van der Waals surface area contributed by atoms with Crippen LogP contribution in [0.3, 0.4) is 0 Å². The number of rotatable bonds is 2. The molecule has 2 aliphatic rings. The molecule has 2 saturated carbocycles. The maximum Gasteiger partial charge on any atom is 0.0597 e. The summed E-state index contributed by atoms with van der Waals surface area (Å²) in [5.41, 5.74) is 1.85. The van der Waals surface area contributed by atoms with E-state index in [0.29, 0.717) is 23.2 Å². The molecule has 2 rings (SSSR count). The Bertz CT molecular complexity index is 281. The molecule has 0 aromatic rings. The normalized spacial score (nSPS) is 41.2. The second-order valence-electron chi connectivity index (χ2n) is 6.58. The monoisotopic (exact) mass is 222 g/mol. The van der Waals surface area contributed by atoms with Crippen LogP contribution in [0, 0.1) is 23.2 Å². The Labute approximate surface area is 99.9 Å². The van der Waals surface area contributed by atoms with Crippen LogP contribution in [0.15, 0.2) is 12.2 Å². The van der Waals surface area contributed by atoms with E-state index in [2.05, 4.69) is 27.4 Å². The molecule has 2 fully saturated rings. The molecule has 0 spiro atoms. The fraction of sp³-hybridized carbons (Fsp3) is 0.867. The molecule has 1 nitrogen and oxygen atoms in total. The van der Waals surface area contributed by atoms with Gasteiger partial charge in [0.05, 0.1) is 6.10 Å². The number of hydrogen-bond donors (Lipinski definition) is 1. The lowest BCUT2D eigenvalue weighted by atomic mass is 9.64. The van der Waals surface area contributed by atoms with Crippen molar-refractivity contribution in [2.45, 2.75) is 59.0 Å². The van der Waals surface area contributed by atoms with E-state index in [4.69, 9.17) is 0 Å². The molecule has 0 aliphatic heterocycles. The van der Waals surface area contributed by atoms with Crippen LogP contribution in [0.25, 0.3) is 0 Å². The lowest BCUT2D eigenvalue weighted by molar-refractivity contribution is 0.0320. The highest BCUT2D eigenvalue weighted by atomic mass is 16.3. The molecule has 0 aromatic heterocycles. The highest BCUT2D eigenvalue weighted by molar-refractivity contribution is 5.16. The van der Waals surface area contributed by atoms with Gasteiger partial charge in [0.1, 0.15) is 0 Å². The molecule has 1 N–H and O–H groups in total. The maximum atomic E-state index is 10.4. The Hall–Kier alpha value is -0.300. The molecule has 0 radical (unpaired) electrons. The van der Waals surface area contributed by atoms with Crippen LogP contribution in [0.1, 0.15) is 52.9 Å². The second kappa shape index (κ2) is 4.18. The molecular weight excluding hydrogens is 196 g/mol. The highest BCUT2D eigenvalue weighted by Gasteiger charge is 2.50. The summed E-state index contributed by atoms with van der Waals surface area (Å²) in [5.74, 6) is 1.43. The summed E-state index contributed by atoms with van der Waals surface area (Å²) in [4.78, 5) is 0. The number of aliphatic hydroxyl groups excluding tert-OH is 1. The molecule has 0 unspecified atom stereocenters. The van der Waals surface area contributed by atoms with Crippen molar-refractivity contribution in [3.05, 3.63) is 12.2 Å². The first-order valence-corrected chi connectivity index (χ1v) is 6.81. The predicted molar refractivity (Wildman–Crippen MR) is 68.2 cm³/mol. The molecule has 92 valence electrons. The van der Waals surface area contributed by atoms with Gasteiger partial charge in [-0.2, -0.15) is 0 Å². The summed E-state index contributed by atoms with van der Waals surface area (Å²) >= 11 is 0. The Morgan fingerprint density at radius 2 is 2.06 bits per heavy atom. The van der Waals surface area contributed by atoms with Gasteiger partial charge in [-0.1, -0.05) is 32.9 Å². The van der Waals surface area contributed by atoms with Gasteiger partial charge in [0.2, 0.25) is 0 Å². The second-order valence-corrected chi connectivity index (χ2v) is 6.58. The SMILES string of the molecule is C=C1CCC[C@@]2(C)CC[C@@H]([C@H](O)C(C)C)[C@H]12. The average molecular weight is 222 g/mol. The summed E-state index contributed by atoms with van der Waals surface area (Å²) in [6, 6.07) is 0. The minimum absolute atomic E-state index is 0.137. The Morgan fingerprint density at radius 3 is 2.69 bits per heavy atom. The topological polar surface area (TPSA) is 20.2 Å².